The van der Waals surface area contributed by atoms with Gasteiger partial charge in [-0.2, -0.15) is 5.26 Å². The first-order chi connectivity index (χ1) is 12.6. The van der Waals surface area contributed by atoms with Gasteiger partial charge in [0.05, 0.1) is 17.6 Å². The monoisotopic (exact) mass is 353 g/mol. The Balaban J connectivity index is 2.01. The topological polar surface area (TPSA) is 73.2 Å². The van der Waals surface area contributed by atoms with Crippen molar-refractivity contribution in [3.63, 3.8) is 0 Å². The number of rotatable bonds is 6. The van der Waals surface area contributed by atoms with E-state index in [9.17, 15) is 9.59 Å². The van der Waals surface area contributed by atoms with E-state index in [-0.39, 0.29) is 23.8 Å². The molecule has 2 atom stereocenters. The van der Waals surface area contributed by atoms with Gasteiger partial charge in [-0.05, 0) is 43.9 Å². The van der Waals surface area contributed by atoms with Gasteiger partial charge in [0.2, 0.25) is 11.8 Å². The third-order valence-corrected chi connectivity index (χ3v) is 4.85. The van der Waals surface area contributed by atoms with Crippen molar-refractivity contribution in [2.75, 3.05) is 13.1 Å². The zero-order chi connectivity index (χ0) is 18.9. The van der Waals surface area contributed by atoms with E-state index in [2.05, 4.69) is 18.3 Å². The number of likely N-dealkylation sites (tertiary alicyclic amines) is 1. The molecule has 0 aliphatic carbocycles. The number of unbranched alkanes of at least 4 members (excludes halogenated alkanes) is 1. The molecular formula is C21H27N3O2. The molecule has 1 aromatic carbocycles. The zero-order valence-corrected chi connectivity index (χ0v) is 15.6. The Morgan fingerprint density at radius 1 is 1.35 bits per heavy atom. The summed E-state index contributed by atoms with van der Waals surface area (Å²) in [7, 11) is 0. The smallest absolute Gasteiger partial charge is 0.246 e. The van der Waals surface area contributed by atoms with Crippen LogP contribution in [0.3, 0.4) is 0 Å². The molecule has 0 bridgehead atoms. The summed E-state index contributed by atoms with van der Waals surface area (Å²) in [6, 6.07) is 9.41. The summed E-state index contributed by atoms with van der Waals surface area (Å²) in [5, 5.41) is 12.1. The van der Waals surface area contributed by atoms with E-state index in [0.29, 0.717) is 18.7 Å². The number of hydrogen-bond donors (Lipinski definition) is 1. The highest BCUT2D eigenvalue weighted by molar-refractivity contribution is 5.93. The Kier molecular flexibility index (Phi) is 7.40. The highest BCUT2D eigenvalue weighted by Crippen LogP contribution is 2.23. The van der Waals surface area contributed by atoms with Gasteiger partial charge in [-0.3, -0.25) is 9.59 Å². The van der Waals surface area contributed by atoms with Crippen molar-refractivity contribution in [3.05, 3.63) is 41.5 Å². The van der Waals surface area contributed by atoms with E-state index >= 15 is 0 Å². The maximum atomic E-state index is 12.6. The van der Waals surface area contributed by atoms with Crippen LogP contribution in [0.5, 0.6) is 0 Å². The summed E-state index contributed by atoms with van der Waals surface area (Å²) in [5.74, 6) is -0.218. The lowest BCUT2D eigenvalue weighted by Gasteiger charge is -2.36. The van der Waals surface area contributed by atoms with Crippen LogP contribution in [0.25, 0.3) is 6.08 Å². The number of benzene rings is 1. The molecule has 1 N–H and O–H groups in total. The second-order valence-electron chi connectivity index (χ2n) is 6.79. The number of carbonyl (C=O) groups excluding carboxylic acids is 2. The molecule has 5 nitrogen and oxygen atoms in total. The molecule has 26 heavy (non-hydrogen) atoms. The Labute approximate surface area is 155 Å². The van der Waals surface area contributed by atoms with Crippen LogP contribution in [-0.2, 0) is 9.59 Å². The first-order valence-electron chi connectivity index (χ1n) is 9.32. The quantitative estimate of drug-likeness (QED) is 0.631. The lowest BCUT2D eigenvalue weighted by atomic mass is 9.92. The fourth-order valence-corrected chi connectivity index (χ4v) is 3.16. The van der Waals surface area contributed by atoms with Gasteiger partial charge in [-0.1, -0.05) is 31.5 Å². The van der Waals surface area contributed by atoms with Gasteiger partial charge in [0.1, 0.15) is 0 Å². The Morgan fingerprint density at radius 3 is 2.85 bits per heavy atom. The minimum atomic E-state index is -0.146. The fraction of sp³-hybridized carbons (Fsp3) is 0.476. The van der Waals surface area contributed by atoms with Crippen LogP contribution < -0.4 is 5.32 Å². The number of carbonyl (C=O) groups is 2. The third kappa shape index (κ3) is 5.19. The molecule has 1 aromatic rings. The normalized spacial score (nSPS) is 20.0. The minimum Gasteiger partial charge on any atom is -0.356 e. The second-order valence-corrected chi connectivity index (χ2v) is 6.79. The largest absolute Gasteiger partial charge is 0.356 e. The van der Waals surface area contributed by atoms with Gasteiger partial charge in [0.15, 0.2) is 0 Å². The first-order valence-corrected chi connectivity index (χ1v) is 9.32. The van der Waals surface area contributed by atoms with Crippen LogP contribution in [0.1, 0.15) is 50.7 Å². The number of nitriles is 1. The molecule has 1 aliphatic heterocycles. The maximum absolute atomic E-state index is 12.6. The Morgan fingerprint density at radius 2 is 2.12 bits per heavy atom. The van der Waals surface area contributed by atoms with Gasteiger partial charge in [0.25, 0.3) is 0 Å². The second kappa shape index (κ2) is 9.76. The third-order valence-electron chi connectivity index (χ3n) is 4.85. The number of nitrogens with zero attached hydrogens (tertiary/aromatic N) is 2. The Hall–Kier alpha value is -2.61. The van der Waals surface area contributed by atoms with Gasteiger partial charge >= 0.3 is 0 Å². The molecule has 0 saturated carbocycles. The van der Waals surface area contributed by atoms with Crippen LogP contribution in [0.2, 0.25) is 0 Å². The summed E-state index contributed by atoms with van der Waals surface area (Å²) < 4.78 is 0. The van der Waals surface area contributed by atoms with Crippen molar-refractivity contribution in [1.82, 2.24) is 10.2 Å². The molecular weight excluding hydrogens is 326 g/mol. The van der Waals surface area contributed by atoms with Crippen molar-refractivity contribution in [3.8, 4) is 6.07 Å². The Bertz CT molecular complexity index is 705. The number of hydrogen-bond acceptors (Lipinski definition) is 3. The highest BCUT2D eigenvalue weighted by atomic mass is 16.2. The van der Waals surface area contributed by atoms with Crippen LogP contribution >= 0.6 is 0 Å². The lowest BCUT2D eigenvalue weighted by Crippen LogP contribution is -2.49. The lowest BCUT2D eigenvalue weighted by molar-refractivity contribution is -0.134. The van der Waals surface area contributed by atoms with E-state index < -0.39 is 0 Å². The average molecular weight is 353 g/mol. The molecule has 0 aromatic heterocycles. The molecule has 1 heterocycles. The average Bonchev–Trinajstić information content (AvgIpc) is 2.66. The standard InChI is InChI=1S/C21H27N3O2/c1-3-4-13-23-21(26)19-10-9-16(2)24(15-19)20(25)12-11-17-7-5-6-8-18(17)14-22/h5-8,11-12,16,19H,3-4,9-10,13,15H2,1-2H3,(H,23,26)/b12-11+. The van der Waals surface area contributed by atoms with Crippen molar-refractivity contribution >= 4 is 17.9 Å². The fourth-order valence-electron chi connectivity index (χ4n) is 3.16. The van der Waals surface area contributed by atoms with E-state index in [0.717, 1.165) is 31.2 Å². The highest BCUT2D eigenvalue weighted by Gasteiger charge is 2.31. The summed E-state index contributed by atoms with van der Waals surface area (Å²) in [5.41, 5.74) is 1.26. The van der Waals surface area contributed by atoms with E-state index in [1.54, 1.807) is 23.1 Å². The van der Waals surface area contributed by atoms with Crippen molar-refractivity contribution in [1.29, 1.82) is 5.26 Å². The molecule has 2 amide bonds. The van der Waals surface area contributed by atoms with Gasteiger partial charge in [0, 0.05) is 25.2 Å². The van der Waals surface area contributed by atoms with Crippen molar-refractivity contribution in [2.24, 2.45) is 5.92 Å². The summed E-state index contributed by atoms with van der Waals surface area (Å²) in [4.78, 5) is 26.7. The molecule has 1 fully saturated rings. The summed E-state index contributed by atoms with van der Waals surface area (Å²) >= 11 is 0. The summed E-state index contributed by atoms with van der Waals surface area (Å²) in [6.07, 6.45) is 6.83. The van der Waals surface area contributed by atoms with E-state index in [1.165, 1.54) is 6.08 Å². The van der Waals surface area contributed by atoms with Gasteiger partial charge in [-0.15, -0.1) is 0 Å². The molecule has 138 valence electrons. The van der Waals surface area contributed by atoms with Crippen LogP contribution in [0.4, 0.5) is 0 Å². The first kappa shape index (κ1) is 19.7. The molecule has 1 saturated heterocycles. The van der Waals surface area contributed by atoms with Crippen molar-refractivity contribution < 1.29 is 9.59 Å². The molecule has 1 aliphatic rings. The number of nitrogens with one attached hydrogen (secondary N) is 1. The SMILES string of the molecule is CCCCNC(=O)C1CCC(C)N(C(=O)/C=C/c2ccccc2C#N)C1. The predicted octanol–water partition coefficient (Wildman–Crippen LogP) is 3.11. The number of piperidine rings is 1. The van der Waals surface area contributed by atoms with Crippen LogP contribution in [0, 0.1) is 17.2 Å². The zero-order valence-electron chi connectivity index (χ0n) is 15.6. The number of amides is 2. The van der Waals surface area contributed by atoms with E-state index in [1.807, 2.05) is 19.1 Å². The van der Waals surface area contributed by atoms with E-state index in [4.69, 9.17) is 5.26 Å². The van der Waals surface area contributed by atoms with Crippen LogP contribution in [0.15, 0.2) is 30.3 Å². The maximum Gasteiger partial charge on any atom is 0.246 e. The van der Waals surface area contributed by atoms with Gasteiger partial charge < -0.3 is 10.2 Å². The van der Waals surface area contributed by atoms with Gasteiger partial charge in [-0.25, -0.2) is 0 Å². The van der Waals surface area contributed by atoms with Crippen LogP contribution in [-0.4, -0.2) is 35.8 Å². The van der Waals surface area contributed by atoms with Crippen molar-refractivity contribution in [2.45, 2.75) is 45.6 Å². The molecule has 0 radical (unpaired) electrons. The summed E-state index contributed by atoms with van der Waals surface area (Å²) in [6.45, 7) is 5.24. The molecule has 2 rings (SSSR count). The molecule has 2 unspecified atom stereocenters. The minimum absolute atomic E-state index is 0.0435. The molecule has 0 spiro atoms. The molecule has 5 heteroatoms. The predicted molar refractivity (Wildman–Crippen MR) is 102 cm³/mol.